The van der Waals surface area contributed by atoms with Crippen molar-refractivity contribution in [2.45, 2.75) is 38.7 Å². The molecule has 0 bridgehead atoms. The van der Waals surface area contributed by atoms with Gasteiger partial charge >= 0.3 is 24.5 Å². The minimum Gasteiger partial charge on any atom is -0.443 e. The van der Waals surface area contributed by atoms with Gasteiger partial charge < -0.3 is 19.7 Å². The maximum absolute atomic E-state index is 13.2. The van der Waals surface area contributed by atoms with E-state index in [9.17, 15) is 45.5 Å². The van der Waals surface area contributed by atoms with Crippen molar-refractivity contribution in [3.05, 3.63) is 58.1 Å². The smallest absolute Gasteiger partial charge is 0.426 e. The van der Waals surface area contributed by atoms with Gasteiger partial charge in [-0.1, -0.05) is 11.6 Å². The number of nitrogens with one attached hydrogen (secondary N) is 3. The highest BCUT2D eigenvalue weighted by atomic mass is 35.5. The zero-order valence-corrected chi connectivity index (χ0v) is 22.5. The van der Waals surface area contributed by atoms with E-state index in [2.05, 4.69) is 0 Å². The van der Waals surface area contributed by atoms with Crippen LogP contribution in [0.2, 0.25) is 5.02 Å². The Labute approximate surface area is 233 Å². The summed E-state index contributed by atoms with van der Waals surface area (Å²) in [6, 6.07) is 3.65. The Balaban J connectivity index is 2.18. The molecule has 0 atom stereocenters. The molecule has 0 spiro atoms. The lowest BCUT2D eigenvalue weighted by molar-refractivity contribution is -0.143. The Hall–Kier alpha value is -4.21. The summed E-state index contributed by atoms with van der Waals surface area (Å²) in [6.07, 6.45) is -12.5. The molecule has 0 saturated carbocycles. The Bertz CT molecular complexity index is 1290. The summed E-state index contributed by atoms with van der Waals surface area (Å²) in [5.41, 5.74) is -1.59. The highest BCUT2D eigenvalue weighted by molar-refractivity contribution is 6.31. The Morgan fingerprint density at radius 1 is 0.878 bits per heavy atom. The van der Waals surface area contributed by atoms with Crippen LogP contribution in [-0.4, -0.2) is 48.1 Å². The van der Waals surface area contributed by atoms with E-state index in [1.807, 2.05) is 16.2 Å². The standard InChI is InChI=1S/C24H23ClF6N4O6/c1-22(2,3)41-20(38)34-33-18(36)11-35(4)21(39)40-17-6-5-14(25)10-16(17)19(37)32-15-8-12(23(26,27)28)7-13(9-15)24(29,30)31/h5-10H,11H2,1-4H3,(H,32,37)(H,33,36)(H,34,38). The highest BCUT2D eigenvalue weighted by Gasteiger charge is 2.37. The van der Waals surface area contributed by atoms with Gasteiger partial charge in [0, 0.05) is 17.8 Å². The number of alkyl halides is 6. The molecule has 2 rings (SSSR count). The fraction of sp³-hybridized carbons (Fsp3) is 0.333. The van der Waals surface area contributed by atoms with Crippen LogP contribution in [0, 0.1) is 0 Å². The third-order valence-electron chi connectivity index (χ3n) is 4.62. The number of rotatable bonds is 5. The molecule has 10 nitrogen and oxygen atoms in total. The van der Waals surface area contributed by atoms with Crippen LogP contribution < -0.4 is 20.9 Å². The summed E-state index contributed by atoms with van der Waals surface area (Å²) < 4.78 is 89.0. The number of carbonyl (C=O) groups excluding carboxylic acids is 4. The molecule has 2 aromatic carbocycles. The molecule has 41 heavy (non-hydrogen) atoms. The summed E-state index contributed by atoms with van der Waals surface area (Å²) in [6.45, 7) is 4.10. The molecule has 0 aliphatic carbocycles. The van der Waals surface area contributed by atoms with E-state index in [0.29, 0.717) is 12.1 Å². The predicted molar refractivity (Wildman–Crippen MR) is 132 cm³/mol. The second-order valence-electron chi connectivity index (χ2n) is 9.29. The van der Waals surface area contributed by atoms with E-state index >= 15 is 0 Å². The SMILES string of the molecule is CN(CC(=O)NNC(=O)OC(C)(C)C)C(=O)Oc1ccc(Cl)cc1C(=O)Nc1cc(C(F)(F)F)cc(C(F)(F)F)c1. The van der Waals surface area contributed by atoms with Crippen molar-refractivity contribution in [2.24, 2.45) is 0 Å². The number of hydrogen-bond donors (Lipinski definition) is 3. The van der Waals surface area contributed by atoms with Crippen molar-refractivity contribution in [2.75, 3.05) is 18.9 Å². The summed E-state index contributed by atoms with van der Waals surface area (Å²) in [5.74, 6) is -2.63. The van der Waals surface area contributed by atoms with Crippen molar-refractivity contribution < 1.29 is 55.0 Å². The van der Waals surface area contributed by atoms with Crippen LogP contribution in [0.15, 0.2) is 36.4 Å². The minimum atomic E-state index is -5.16. The topological polar surface area (TPSA) is 126 Å². The molecule has 2 aromatic rings. The van der Waals surface area contributed by atoms with E-state index in [1.54, 1.807) is 20.8 Å². The molecule has 224 valence electrons. The number of nitrogens with zero attached hydrogens (tertiary/aromatic N) is 1. The zero-order chi connectivity index (χ0) is 31.3. The summed E-state index contributed by atoms with van der Waals surface area (Å²) in [4.78, 5) is 49.7. The normalized spacial score (nSPS) is 11.8. The van der Waals surface area contributed by atoms with Crippen LogP contribution in [0.5, 0.6) is 5.75 Å². The van der Waals surface area contributed by atoms with Gasteiger partial charge in [0.05, 0.1) is 16.7 Å². The molecule has 0 fully saturated rings. The molecular formula is C24H23ClF6N4O6. The first-order chi connectivity index (χ1) is 18.7. The molecule has 0 radical (unpaired) electrons. The third-order valence-corrected chi connectivity index (χ3v) is 4.86. The molecule has 0 aromatic heterocycles. The van der Waals surface area contributed by atoms with E-state index in [0.717, 1.165) is 24.1 Å². The summed E-state index contributed by atoms with van der Waals surface area (Å²) in [5, 5.41) is 1.82. The molecule has 17 heteroatoms. The number of hydrogen-bond acceptors (Lipinski definition) is 6. The largest absolute Gasteiger partial charge is 0.443 e. The quantitative estimate of drug-likeness (QED) is 0.297. The van der Waals surface area contributed by atoms with Gasteiger partial charge in [-0.3, -0.25) is 15.0 Å². The van der Waals surface area contributed by atoms with E-state index < -0.39 is 76.6 Å². The summed E-state index contributed by atoms with van der Waals surface area (Å²) in [7, 11) is 1.12. The fourth-order valence-corrected chi connectivity index (χ4v) is 3.08. The monoisotopic (exact) mass is 612 g/mol. The van der Waals surface area contributed by atoms with Gasteiger partial charge in [0.1, 0.15) is 17.9 Å². The van der Waals surface area contributed by atoms with Gasteiger partial charge in [-0.2, -0.15) is 26.3 Å². The molecule has 0 unspecified atom stereocenters. The molecule has 4 amide bonds. The first kappa shape index (κ1) is 33.0. The van der Waals surface area contributed by atoms with Crippen LogP contribution in [0.1, 0.15) is 42.3 Å². The van der Waals surface area contributed by atoms with Gasteiger partial charge in [0.2, 0.25) is 0 Å². The number of likely N-dealkylation sites (N-methyl/N-ethyl adjacent to an activating group) is 1. The highest BCUT2D eigenvalue weighted by Crippen LogP contribution is 2.38. The maximum atomic E-state index is 13.2. The molecule has 3 N–H and O–H groups in total. The molecule has 0 heterocycles. The lowest BCUT2D eigenvalue weighted by Gasteiger charge is -2.20. The minimum absolute atomic E-state index is 0.0871. The van der Waals surface area contributed by atoms with Gasteiger partial charge in [-0.15, -0.1) is 0 Å². The molecule has 0 aliphatic rings. The lowest BCUT2D eigenvalue weighted by Crippen LogP contribution is -2.48. The van der Waals surface area contributed by atoms with Crippen LogP contribution in [0.4, 0.5) is 41.6 Å². The van der Waals surface area contributed by atoms with Crippen molar-refractivity contribution in [3.63, 3.8) is 0 Å². The van der Waals surface area contributed by atoms with Crippen molar-refractivity contribution in [3.8, 4) is 5.75 Å². The van der Waals surface area contributed by atoms with Gasteiger partial charge in [-0.25, -0.2) is 15.0 Å². The van der Waals surface area contributed by atoms with Gasteiger partial charge in [-0.05, 0) is 57.2 Å². The average molecular weight is 613 g/mol. The van der Waals surface area contributed by atoms with Gasteiger partial charge in [0.25, 0.3) is 11.8 Å². The number of amides is 4. The van der Waals surface area contributed by atoms with Crippen molar-refractivity contribution >= 4 is 41.3 Å². The van der Waals surface area contributed by atoms with Crippen molar-refractivity contribution in [1.82, 2.24) is 15.8 Å². The predicted octanol–water partition coefficient (Wildman–Crippen LogP) is 5.62. The number of ether oxygens (including phenoxy) is 2. The van der Waals surface area contributed by atoms with Crippen LogP contribution in [-0.2, 0) is 21.9 Å². The lowest BCUT2D eigenvalue weighted by atomic mass is 10.1. The van der Waals surface area contributed by atoms with E-state index in [4.69, 9.17) is 21.1 Å². The van der Waals surface area contributed by atoms with Gasteiger partial charge in [0.15, 0.2) is 0 Å². The van der Waals surface area contributed by atoms with E-state index in [-0.39, 0.29) is 11.1 Å². The Kier molecular flexibility index (Phi) is 10.1. The maximum Gasteiger partial charge on any atom is 0.426 e. The van der Waals surface area contributed by atoms with Crippen LogP contribution in [0.25, 0.3) is 0 Å². The molecule has 0 saturated heterocycles. The number of anilines is 1. The zero-order valence-electron chi connectivity index (χ0n) is 21.7. The average Bonchev–Trinajstić information content (AvgIpc) is 2.81. The first-order valence-electron chi connectivity index (χ1n) is 11.3. The summed E-state index contributed by atoms with van der Waals surface area (Å²) >= 11 is 5.88. The Morgan fingerprint density at radius 3 is 1.95 bits per heavy atom. The van der Waals surface area contributed by atoms with Crippen LogP contribution >= 0.6 is 11.6 Å². The first-order valence-corrected chi connectivity index (χ1v) is 11.6. The van der Waals surface area contributed by atoms with Crippen molar-refractivity contribution in [1.29, 1.82) is 0 Å². The number of halogens is 7. The second kappa shape index (κ2) is 12.5. The number of carbonyl (C=O) groups is 4. The number of benzene rings is 2. The molecule has 0 aliphatic heterocycles. The Morgan fingerprint density at radius 2 is 1.44 bits per heavy atom. The molecular weight excluding hydrogens is 590 g/mol. The fourth-order valence-electron chi connectivity index (χ4n) is 2.91. The second-order valence-corrected chi connectivity index (χ2v) is 9.72. The number of hydrazine groups is 1. The van der Waals surface area contributed by atoms with E-state index in [1.165, 1.54) is 6.07 Å². The third kappa shape index (κ3) is 10.4. The van der Waals surface area contributed by atoms with Crippen LogP contribution in [0.3, 0.4) is 0 Å².